The highest BCUT2D eigenvalue weighted by molar-refractivity contribution is 8.17. The van der Waals surface area contributed by atoms with Gasteiger partial charge >= 0.3 is 0 Å². The summed E-state index contributed by atoms with van der Waals surface area (Å²) in [6, 6.07) is 6.93. The van der Waals surface area contributed by atoms with Crippen LogP contribution in [0.15, 0.2) is 18.2 Å². The molecule has 1 aliphatic carbocycles. The van der Waals surface area contributed by atoms with E-state index in [9.17, 15) is 0 Å². The molecular formula is C17H25NS2. The Bertz CT molecular complexity index is 464. The average molecular weight is 308 g/mol. The van der Waals surface area contributed by atoms with Crippen molar-refractivity contribution in [3.8, 4) is 0 Å². The van der Waals surface area contributed by atoms with Gasteiger partial charge in [-0.05, 0) is 60.3 Å². The van der Waals surface area contributed by atoms with E-state index in [0.717, 1.165) is 12.5 Å². The third kappa shape index (κ3) is 2.48. The normalized spacial score (nSPS) is 22.4. The van der Waals surface area contributed by atoms with Gasteiger partial charge < -0.3 is 5.32 Å². The molecule has 0 radical (unpaired) electrons. The van der Waals surface area contributed by atoms with E-state index < -0.39 is 0 Å². The van der Waals surface area contributed by atoms with Crippen molar-refractivity contribution >= 4 is 29.2 Å². The van der Waals surface area contributed by atoms with Crippen molar-refractivity contribution in [1.82, 2.24) is 0 Å². The zero-order valence-electron chi connectivity index (χ0n) is 12.6. The second-order valence-electron chi connectivity index (χ2n) is 5.83. The van der Waals surface area contributed by atoms with Gasteiger partial charge in [0.2, 0.25) is 0 Å². The first-order valence-corrected chi connectivity index (χ1v) is 9.93. The molecule has 0 saturated carbocycles. The Morgan fingerprint density at radius 3 is 2.65 bits per heavy atom. The highest BCUT2D eigenvalue weighted by atomic mass is 32.2. The number of benzene rings is 1. The van der Waals surface area contributed by atoms with Crippen LogP contribution in [0.2, 0.25) is 0 Å². The van der Waals surface area contributed by atoms with Crippen molar-refractivity contribution in [3.63, 3.8) is 0 Å². The highest BCUT2D eigenvalue weighted by Gasteiger charge is 2.46. The topological polar surface area (TPSA) is 12.0 Å². The molecule has 1 aliphatic heterocycles. The van der Waals surface area contributed by atoms with Crippen LogP contribution in [0, 0.1) is 0 Å². The van der Waals surface area contributed by atoms with Crippen LogP contribution in [0.3, 0.4) is 0 Å². The van der Waals surface area contributed by atoms with Crippen LogP contribution >= 0.6 is 23.5 Å². The van der Waals surface area contributed by atoms with Crippen molar-refractivity contribution in [3.05, 3.63) is 29.3 Å². The molecule has 1 heterocycles. The van der Waals surface area contributed by atoms with E-state index in [1.165, 1.54) is 42.9 Å². The maximum absolute atomic E-state index is 3.61. The number of hydrogen-bond acceptors (Lipinski definition) is 3. The third-order valence-electron chi connectivity index (χ3n) is 4.33. The number of rotatable bonds is 6. The Kier molecular flexibility index (Phi) is 4.56. The third-order valence-corrected chi connectivity index (χ3v) is 7.96. The maximum atomic E-state index is 3.61. The first-order chi connectivity index (χ1) is 9.80. The number of nitrogens with one attached hydrogen (secondary N) is 1. The fourth-order valence-corrected chi connectivity index (χ4v) is 6.71. The Hall–Kier alpha value is -0.280. The molecule has 20 heavy (non-hydrogen) atoms. The molecule has 0 unspecified atom stereocenters. The summed E-state index contributed by atoms with van der Waals surface area (Å²) in [4.78, 5) is 0. The van der Waals surface area contributed by atoms with Gasteiger partial charge in [0.05, 0.1) is 4.08 Å². The Morgan fingerprint density at radius 1 is 1.20 bits per heavy atom. The Labute approximate surface area is 131 Å². The molecule has 0 fully saturated rings. The highest BCUT2D eigenvalue weighted by Crippen LogP contribution is 2.62. The van der Waals surface area contributed by atoms with Crippen LogP contribution in [0.25, 0.3) is 0 Å². The van der Waals surface area contributed by atoms with E-state index in [0.29, 0.717) is 4.08 Å². The van der Waals surface area contributed by atoms with Crippen LogP contribution in [-0.2, 0) is 4.08 Å². The van der Waals surface area contributed by atoms with Crippen molar-refractivity contribution in [2.24, 2.45) is 0 Å². The molecule has 3 heteroatoms. The SMILES string of the molecule is CCCSC1(SCCC)C[C@H]2CCNc3cccc1c32. The van der Waals surface area contributed by atoms with E-state index >= 15 is 0 Å². The van der Waals surface area contributed by atoms with E-state index in [-0.39, 0.29) is 0 Å². The van der Waals surface area contributed by atoms with Crippen molar-refractivity contribution in [2.45, 2.75) is 49.5 Å². The molecular weight excluding hydrogens is 282 g/mol. The van der Waals surface area contributed by atoms with Crippen LogP contribution < -0.4 is 5.32 Å². The van der Waals surface area contributed by atoms with Crippen LogP contribution in [0.5, 0.6) is 0 Å². The summed E-state index contributed by atoms with van der Waals surface area (Å²) in [5.74, 6) is 3.34. The standard InChI is InChI=1S/C17H25NS2/c1-3-10-19-17(20-11-4-2)12-13-8-9-18-15-7-5-6-14(17)16(13)15/h5-7,13,18H,3-4,8-12H2,1-2H3/t13-/m1/s1. The summed E-state index contributed by atoms with van der Waals surface area (Å²) in [6.45, 7) is 5.75. The van der Waals surface area contributed by atoms with E-state index in [2.05, 4.69) is 60.9 Å². The summed E-state index contributed by atoms with van der Waals surface area (Å²) >= 11 is 4.41. The Balaban J connectivity index is 1.98. The van der Waals surface area contributed by atoms with Crippen LogP contribution in [0.1, 0.15) is 56.6 Å². The molecule has 0 amide bonds. The molecule has 0 spiro atoms. The number of hydrogen-bond donors (Lipinski definition) is 1. The smallest absolute Gasteiger partial charge is 0.0869 e. The summed E-state index contributed by atoms with van der Waals surface area (Å²) in [5, 5.41) is 3.61. The van der Waals surface area contributed by atoms with Crippen molar-refractivity contribution < 1.29 is 0 Å². The lowest BCUT2D eigenvalue weighted by atomic mass is 9.93. The van der Waals surface area contributed by atoms with Crippen molar-refractivity contribution in [1.29, 1.82) is 0 Å². The van der Waals surface area contributed by atoms with Gasteiger partial charge in [-0.2, -0.15) is 0 Å². The molecule has 0 bridgehead atoms. The van der Waals surface area contributed by atoms with E-state index in [4.69, 9.17) is 0 Å². The fraction of sp³-hybridized carbons (Fsp3) is 0.647. The first-order valence-electron chi connectivity index (χ1n) is 7.96. The molecule has 0 saturated heterocycles. The lowest BCUT2D eigenvalue weighted by Crippen LogP contribution is -2.16. The quantitative estimate of drug-likeness (QED) is 0.704. The van der Waals surface area contributed by atoms with Gasteiger partial charge in [-0.15, -0.1) is 23.5 Å². The van der Waals surface area contributed by atoms with Gasteiger partial charge in [0.15, 0.2) is 0 Å². The molecule has 1 nitrogen and oxygen atoms in total. The molecule has 3 rings (SSSR count). The van der Waals surface area contributed by atoms with E-state index in [1.54, 1.807) is 11.1 Å². The monoisotopic (exact) mass is 307 g/mol. The summed E-state index contributed by atoms with van der Waals surface area (Å²) in [7, 11) is 0. The molecule has 2 aliphatic rings. The Morgan fingerprint density at radius 2 is 1.95 bits per heavy atom. The molecule has 1 atom stereocenters. The van der Waals surface area contributed by atoms with Crippen LogP contribution in [0.4, 0.5) is 5.69 Å². The van der Waals surface area contributed by atoms with Gasteiger partial charge in [-0.3, -0.25) is 0 Å². The van der Waals surface area contributed by atoms with Gasteiger partial charge in [0.1, 0.15) is 0 Å². The number of thioether (sulfide) groups is 2. The average Bonchev–Trinajstić information content (AvgIpc) is 2.80. The summed E-state index contributed by atoms with van der Waals surface area (Å²) in [5.41, 5.74) is 4.69. The fourth-order valence-electron chi connectivity index (χ4n) is 3.50. The van der Waals surface area contributed by atoms with Crippen molar-refractivity contribution in [2.75, 3.05) is 23.4 Å². The summed E-state index contributed by atoms with van der Waals surface area (Å²) in [6.07, 6.45) is 5.20. The first kappa shape index (κ1) is 14.6. The minimum absolute atomic E-state index is 0.327. The van der Waals surface area contributed by atoms with E-state index in [1.807, 2.05) is 0 Å². The molecule has 1 aromatic rings. The predicted molar refractivity (Wildman–Crippen MR) is 94.1 cm³/mol. The lowest BCUT2D eigenvalue weighted by Gasteiger charge is -2.29. The molecule has 1 N–H and O–H groups in total. The minimum Gasteiger partial charge on any atom is -0.385 e. The lowest BCUT2D eigenvalue weighted by molar-refractivity contribution is 0.606. The molecule has 1 aromatic carbocycles. The van der Waals surface area contributed by atoms with Gasteiger partial charge in [-0.1, -0.05) is 26.0 Å². The number of anilines is 1. The molecule has 110 valence electrons. The van der Waals surface area contributed by atoms with Gasteiger partial charge in [-0.25, -0.2) is 0 Å². The minimum atomic E-state index is 0.327. The summed E-state index contributed by atoms with van der Waals surface area (Å²) < 4.78 is 0.327. The van der Waals surface area contributed by atoms with Gasteiger partial charge in [0, 0.05) is 12.2 Å². The van der Waals surface area contributed by atoms with Crippen LogP contribution in [-0.4, -0.2) is 18.1 Å². The maximum Gasteiger partial charge on any atom is 0.0869 e. The second kappa shape index (κ2) is 6.23. The largest absolute Gasteiger partial charge is 0.385 e. The zero-order chi connectivity index (χ0) is 14.0. The molecule has 0 aromatic heterocycles. The zero-order valence-corrected chi connectivity index (χ0v) is 14.2. The predicted octanol–water partition coefficient (Wildman–Crippen LogP) is 5.43. The second-order valence-corrected chi connectivity index (χ2v) is 8.88. The van der Waals surface area contributed by atoms with Gasteiger partial charge in [0.25, 0.3) is 0 Å².